The van der Waals surface area contributed by atoms with E-state index in [0.29, 0.717) is 36.3 Å². The van der Waals surface area contributed by atoms with Gasteiger partial charge in [0, 0.05) is 25.1 Å². The molecule has 4 rings (SSSR count). The highest BCUT2D eigenvalue weighted by Crippen LogP contribution is 2.42. The minimum absolute atomic E-state index is 0.100. The molecule has 2 aromatic rings. The molecule has 1 N–H and O–H groups in total. The topological polar surface area (TPSA) is 89.3 Å². The van der Waals surface area contributed by atoms with E-state index in [0.717, 1.165) is 11.3 Å². The average Bonchev–Trinajstić information content (AvgIpc) is 2.89. The van der Waals surface area contributed by atoms with Crippen LogP contribution in [0.4, 0.5) is 11.4 Å². The zero-order chi connectivity index (χ0) is 20.8. The van der Waals surface area contributed by atoms with Gasteiger partial charge in [0.2, 0.25) is 5.91 Å². The maximum absolute atomic E-state index is 13.1. The molecule has 2 aliphatic rings. The van der Waals surface area contributed by atoms with Crippen molar-refractivity contribution in [2.75, 3.05) is 23.3 Å². The van der Waals surface area contributed by atoms with Crippen LogP contribution in [-0.4, -0.2) is 40.8 Å². The molecule has 0 radical (unpaired) electrons. The number of pyridine rings is 1. The number of nitrogens with zero attached hydrogens (tertiary/aromatic N) is 4. The lowest BCUT2D eigenvalue weighted by molar-refractivity contribution is -0.134. The Hall–Kier alpha value is -3.40. The Bertz CT molecular complexity index is 1030. The summed E-state index contributed by atoms with van der Waals surface area (Å²) in [7, 11) is 0. The molecular formula is C22H23N5O2. The molecular weight excluding hydrogens is 366 g/mol. The van der Waals surface area contributed by atoms with Gasteiger partial charge in [-0.25, -0.2) is 0 Å². The third-order valence-electron chi connectivity index (χ3n) is 5.69. The van der Waals surface area contributed by atoms with Crippen LogP contribution in [0.2, 0.25) is 0 Å². The number of carbonyl (C=O) groups excluding carboxylic acids is 2. The van der Waals surface area contributed by atoms with Crippen LogP contribution >= 0.6 is 0 Å². The van der Waals surface area contributed by atoms with Gasteiger partial charge in [0.25, 0.3) is 5.91 Å². The van der Waals surface area contributed by atoms with Crippen molar-refractivity contribution in [3.05, 3.63) is 53.3 Å². The normalized spacial score (nSPS) is 17.5. The quantitative estimate of drug-likeness (QED) is 0.868. The van der Waals surface area contributed by atoms with Crippen molar-refractivity contribution in [1.82, 2.24) is 9.88 Å². The zero-order valence-electron chi connectivity index (χ0n) is 16.8. The first-order chi connectivity index (χ1) is 13.8. The molecule has 1 fully saturated rings. The number of amides is 2. The van der Waals surface area contributed by atoms with Crippen molar-refractivity contribution >= 4 is 23.2 Å². The van der Waals surface area contributed by atoms with Crippen LogP contribution in [0.5, 0.6) is 0 Å². The van der Waals surface area contributed by atoms with Crippen molar-refractivity contribution in [3.8, 4) is 6.07 Å². The third-order valence-corrected chi connectivity index (χ3v) is 5.69. The van der Waals surface area contributed by atoms with E-state index in [1.807, 2.05) is 31.7 Å². The summed E-state index contributed by atoms with van der Waals surface area (Å²) in [5, 5.41) is 12.6. The average molecular weight is 389 g/mol. The number of nitrogens with one attached hydrogen (secondary N) is 1. The van der Waals surface area contributed by atoms with E-state index < -0.39 is 5.54 Å². The van der Waals surface area contributed by atoms with Gasteiger partial charge in [-0.2, -0.15) is 5.26 Å². The van der Waals surface area contributed by atoms with Gasteiger partial charge < -0.3 is 10.2 Å². The van der Waals surface area contributed by atoms with Gasteiger partial charge in [-0.3, -0.25) is 19.5 Å². The highest BCUT2D eigenvalue weighted by Gasteiger charge is 2.44. The molecule has 0 unspecified atom stereocenters. The van der Waals surface area contributed by atoms with E-state index >= 15 is 0 Å². The number of aromatic nitrogens is 1. The number of anilines is 2. The first-order valence-electron chi connectivity index (χ1n) is 9.73. The number of hydrogen-bond donors (Lipinski definition) is 1. The number of benzene rings is 1. The molecule has 0 saturated carbocycles. The molecule has 7 heteroatoms. The van der Waals surface area contributed by atoms with Gasteiger partial charge in [0.1, 0.15) is 0 Å². The predicted molar refractivity (Wildman–Crippen MR) is 110 cm³/mol. The Balaban J connectivity index is 1.57. The minimum Gasteiger partial charge on any atom is -0.377 e. The Morgan fingerprint density at radius 1 is 1.31 bits per heavy atom. The molecule has 3 heterocycles. The van der Waals surface area contributed by atoms with Gasteiger partial charge in [-0.1, -0.05) is 6.92 Å². The van der Waals surface area contributed by atoms with E-state index in [1.165, 1.54) is 0 Å². The summed E-state index contributed by atoms with van der Waals surface area (Å²) < 4.78 is 0. The fourth-order valence-electron chi connectivity index (χ4n) is 4.10. The van der Waals surface area contributed by atoms with Gasteiger partial charge in [-0.05, 0) is 43.7 Å². The largest absolute Gasteiger partial charge is 0.377 e. The van der Waals surface area contributed by atoms with Crippen LogP contribution in [0.15, 0.2) is 36.7 Å². The van der Waals surface area contributed by atoms with Crippen LogP contribution in [0.25, 0.3) is 0 Å². The second-order valence-electron chi connectivity index (χ2n) is 8.00. The zero-order valence-corrected chi connectivity index (χ0v) is 16.8. The monoisotopic (exact) mass is 389 g/mol. The van der Waals surface area contributed by atoms with Crippen molar-refractivity contribution in [3.63, 3.8) is 0 Å². The SMILES string of the molecule is CCC(=O)N1CC(Nc2cncc(N3C(=O)c4ccc(C#N)cc4C3(C)C)c2)C1. The van der Waals surface area contributed by atoms with E-state index in [2.05, 4.69) is 16.4 Å². The molecule has 0 spiro atoms. The molecule has 0 bridgehead atoms. The van der Waals surface area contributed by atoms with E-state index in [4.69, 9.17) is 0 Å². The summed E-state index contributed by atoms with van der Waals surface area (Å²) in [5.41, 5.74) is 2.90. The first-order valence-corrected chi connectivity index (χ1v) is 9.73. The number of hydrogen-bond acceptors (Lipinski definition) is 5. The van der Waals surface area contributed by atoms with Crippen molar-refractivity contribution in [1.29, 1.82) is 5.26 Å². The second kappa shape index (κ2) is 6.89. The molecule has 7 nitrogen and oxygen atoms in total. The van der Waals surface area contributed by atoms with E-state index in [1.54, 1.807) is 35.5 Å². The Labute approximate surface area is 169 Å². The number of fused-ring (bicyclic) bond motifs is 1. The van der Waals surface area contributed by atoms with E-state index in [9.17, 15) is 14.9 Å². The smallest absolute Gasteiger partial charge is 0.259 e. The summed E-state index contributed by atoms with van der Waals surface area (Å²) >= 11 is 0. The van der Waals surface area contributed by atoms with Gasteiger partial charge in [-0.15, -0.1) is 0 Å². The Morgan fingerprint density at radius 3 is 2.76 bits per heavy atom. The standard InChI is InChI=1S/C22H23N5O2/c1-4-20(28)26-12-16(13-26)25-15-8-17(11-24-10-15)27-21(29)18-6-5-14(9-23)7-19(18)22(27,2)3/h5-8,10-11,16,25H,4,12-13H2,1-3H3. The van der Waals surface area contributed by atoms with Crippen LogP contribution in [0.3, 0.4) is 0 Å². The maximum Gasteiger partial charge on any atom is 0.259 e. The molecule has 2 amide bonds. The lowest BCUT2D eigenvalue weighted by Gasteiger charge is -2.40. The molecule has 0 atom stereocenters. The summed E-state index contributed by atoms with van der Waals surface area (Å²) in [6.45, 7) is 7.15. The summed E-state index contributed by atoms with van der Waals surface area (Å²) in [5.74, 6) is 0.0608. The van der Waals surface area contributed by atoms with Crippen molar-refractivity contribution < 1.29 is 9.59 Å². The fourth-order valence-corrected chi connectivity index (χ4v) is 4.10. The minimum atomic E-state index is -0.597. The van der Waals surface area contributed by atoms with Crippen LogP contribution in [-0.2, 0) is 10.3 Å². The second-order valence-corrected chi connectivity index (χ2v) is 8.00. The van der Waals surface area contributed by atoms with Crippen LogP contribution in [0, 0.1) is 11.3 Å². The molecule has 148 valence electrons. The highest BCUT2D eigenvalue weighted by molar-refractivity contribution is 6.12. The number of likely N-dealkylation sites (tertiary alicyclic amines) is 1. The summed E-state index contributed by atoms with van der Waals surface area (Å²) in [6.07, 6.45) is 3.92. The highest BCUT2D eigenvalue weighted by atomic mass is 16.2. The number of nitriles is 1. The Kier molecular flexibility index (Phi) is 4.50. The number of carbonyl (C=O) groups is 2. The lowest BCUT2D eigenvalue weighted by Crippen LogP contribution is -2.56. The van der Waals surface area contributed by atoms with Crippen LogP contribution < -0.4 is 10.2 Å². The summed E-state index contributed by atoms with van der Waals surface area (Å²) in [4.78, 5) is 32.7. The predicted octanol–water partition coefficient (Wildman–Crippen LogP) is 2.88. The fraction of sp³-hybridized carbons (Fsp3) is 0.364. The van der Waals surface area contributed by atoms with Crippen molar-refractivity contribution in [2.45, 2.75) is 38.8 Å². The van der Waals surface area contributed by atoms with E-state index in [-0.39, 0.29) is 17.9 Å². The number of rotatable bonds is 4. The summed E-state index contributed by atoms with van der Waals surface area (Å²) in [6, 6.07) is 9.42. The third kappa shape index (κ3) is 3.11. The van der Waals surface area contributed by atoms with Gasteiger partial charge in [0.15, 0.2) is 0 Å². The van der Waals surface area contributed by atoms with Gasteiger partial charge in [0.05, 0.1) is 47.0 Å². The molecule has 1 saturated heterocycles. The van der Waals surface area contributed by atoms with Crippen LogP contribution in [0.1, 0.15) is 48.7 Å². The van der Waals surface area contributed by atoms with Crippen molar-refractivity contribution in [2.24, 2.45) is 0 Å². The molecule has 2 aliphatic heterocycles. The Morgan fingerprint density at radius 2 is 2.07 bits per heavy atom. The molecule has 1 aromatic carbocycles. The lowest BCUT2D eigenvalue weighted by atomic mass is 9.92. The molecule has 29 heavy (non-hydrogen) atoms. The van der Waals surface area contributed by atoms with Gasteiger partial charge >= 0.3 is 0 Å². The molecule has 0 aliphatic carbocycles. The maximum atomic E-state index is 13.1. The molecule has 1 aromatic heterocycles. The first kappa shape index (κ1) is 18.9.